The molecule has 0 saturated carbocycles. The lowest BCUT2D eigenvalue weighted by atomic mass is 10.5. The molecule has 1 aliphatic heterocycles. The molecule has 2 N–H and O–H groups in total. The summed E-state index contributed by atoms with van der Waals surface area (Å²) in [6.45, 7) is -0.157. The highest BCUT2D eigenvalue weighted by Gasteiger charge is 2.25. The van der Waals surface area contributed by atoms with Crippen LogP contribution in [0.4, 0.5) is 0 Å². The summed E-state index contributed by atoms with van der Waals surface area (Å²) in [4.78, 5) is 20.5. The lowest BCUT2D eigenvalue weighted by molar-refractivity contribution is -0.182. The maximum atomic E-state index is 10.3. The van der Waals surface area contributed by atoms with Crippen LogP contribution in [0.5, 0.6) is 0 Å². The van der Waals surface area contributed by atoms with E-state index in [0.29, 0.717) is 0 Å². The number of morpholine rings is 1. The van der Waals surface area contributed by atoms with E-state index in [-0.39, 0.29) is 6.54 Å². The molecule has 0 radical (unpaired) electrons. The minimum absolute atomic E-state index is 0.157. The lowest BCUT2D eigenvalue weighted by Crippen LogP contribution is -2.46. The Morgan fingerprint density at radius 3 is 2.78 bits per heavy atom. The summed E-state index contributed by atoms with van der Waals surface area (Å²) in [6, 6.07) is 0. The van der Waals surface area contributed by atoms with E-state index in [1.165, 1.54) is 0 Å². The Morgan fingerprint density at radius 1 is 1.67 bits per heavy atom. The van der Waals surface area contributed by atoms with Crippen LogP contribution >= 0.6 is 0 Å². The van der Waals surface area contributed by atoms with Gasteiger partial charge in [-0.1, -0.05) is 0 Å². The van der Waals surface area contributed by atoms with E-state index in [0.717, 1.165) is 0 Å². The molecule has 1 atom stereocenters. The summed E-state index contributed by atoms with van der Waals surface area (Å²) in [5.74, 6) is -1.29. The van der Waals surface area contributed by atoms with E-state index in [4.69, 9.17) is 5.11 Å². The van der Waals surface area contributed by atoms with E-state index in [9.17, 15) is 9.59 Å². The fourth-order valence-corrected chi connectivity index (χ4v) is 0.466. The third-order valence-corrected chi connectivity index (χ3v) is 0.874. The lowest BCUT2D eigenvalue weighted by Gasteiger charge is -2.16. The monoisotopic (exact) mass is 131 g/mol. The van der Waals surface area contributed by atoms with Crippen molar-refractivity contribution in [3.8, 4) is 0 Å². The Morgan fingerprint density at radius 2 is 2.33 bits per heavy atom. The minimum Gasteiger partial charge on any atom is -0.425 e. The van der Waals surface area contributed by atoms with Crippen molar-refractivity contribution >= 4 is 11.9 Å². The first-order valence-electron chi connectivity index (χ1n) is 2.35. The van der Waals surface area contributed by atoms with Gasteiger partial charge in [0.1, 0.15) is 6.54 Å². The maximum Gasteiger partial charge on any atom is 0.328 e. The normalized spacial score (nSPS) is 27.0. The molecule has 5 nitrogen and oxygen atoms in total. The van der Waals surface area contributed by atoms with Gasteiger partial charge in [0.25, 0.3) is 12.2 Å². The summed E-state index contributed by atoms with van der Waals surface area (Å²) >= 11 is 0. The van der Waals surface area contributed by atoms with Crippen LogP contribution < -0.4 is 5.32 Å². The molecule has 9 heavy (non-hydrogen) atoms. The van der Waals surface area contributed by atoms with Crippen LogP contribution in [-0.4, -0.2) is 29.8 Å². The first kappa shape index (κ1) is 6.03. The number of rotatable bonds is 0. The van der Waals surface area contributed by atoms with Gasteiger partial charge in [0.15, 0.2) is 0 Å². The number of hydrogen-bond acceptors (Lipinski definition) is 4. The number of carbonyl (C=O) groups excluding carboxylic acids is 2. The minimum atomic E-state index is -1.62. The van der Waals surface area contributed by atoms with Crippen molar-refractivity contribution < 1.29 is 19.4 Å². The van der Waals surface area contributed by atoms with Crippen LogP contribution in [0.25, 0.3) is 0 Å². The van der Waals surface area contributed by atoms with Crippen molar-refractivity contribution in [2.24, 2.45) is 0 Å². The Balaban J connectivity index is 2.54. The molecule has 5 heteroatoms. The Labute approximate surface area is 50.6 Å². The van der Waals surface area contributed by atoms with Gasteiger partial charge in [-0.05, 0) is 0 Å². The molecule has 1 aliphatic rings. The van der Waals surface area contributed by atoms with E-state index in [1.54, 1.807) is 0 Å². The van der Waals surface area contributed by atoms with E-state index in [2.05, 4.69) is 10.1 Å². The van der Waals surface area contributed by atoms with E-state index in [1.807, 2.05) is 0 Å². The van der Waals surface area contributed by atoms with E-state index < -0.39 is 18.2 Å². The van der Waals surface area contributed by atoms with Crippen LogP contribution in [0.2, 0.25) is 0 Å². The van der Waals surface area contributed by atoms with Gasteiger partial charge in [-0.2, -0.15) is 0 Å². The molecule has 0 aliphatic carbocycles. The second kappa shape index (κ2) is 2.02. The predicted octanol–water partition coefficient (Wildman–Crippen LogP) is -2.02. The van der Waals surface area contributed by atoms with Crippen molar-refractivity contribution in [1.29, 1.82) is 0 Å². The molecule has 0 aromatic carbocycles. The highest BCUT2D eigenvalue weighted by molar-refractivity contribution is 5.89. The smallest absolute Gasteiger partial charge is 0.328 e. The molecule has 1 heterocycles. The average Bonchev–Trinajstić information content (AvgIpc) is 1.80. The largest absolute Gasteiger partial charge is 0.425 e. The van der Waals surface area contributed by atoms with Crippen molar-refractivity contribution in [2.75, 3.05) is 6.54 Å². The molecule has 0 spiro atoms. The molecule has 1 unspecified atom stereocenters. The molecule has 0 aromatic heterocycles. The van der Waals surface area contributed by atoms with Crippen LogP contribution in [-0.2, 0) is 14.3 Å². The standard InChI is InChI=1S/C4H5NO4/c6-2-1-5-3(7)4(8)9-2/h4,8H,1H2,(H,5,7). The molecular weight excluding hydrogens is 126 g/mol. The second-order valence-electron chi connectivity index (χ2n) is 1.56. The topological polar surface area (TPSA) is 75.6 Å². The molecular formula is C4H5NO4. The van der Waals surface area contributed by atoms with Gasteiger partial charge in [0.2, 0.25) is 0 Å². The van der Waals surface area contributed by atoms with Gasteiger partial charge in [0.05, 0.1) is 0 Å². The van der Waals surface area contributed by atoms with Crippen LogP contribution in [0.15, 0.2) is 0 Å². The SMILES string of the molecule is O=C1CNC(=O)C(O)O1. The van der Waals surface area contributed by atoms with Crippen LogP contribution in [0, 0.1) is 0 Å². The summed E-state index contributed by atoms with van der Waals surface area (Å²) in [5, 5.41) is 10.6. The molecule has 0 bridgehead atoms. The van der Waals surface area contributed by atoms with Crippen LogP contribution in [0.1, 0.15) is 0 Å². The number of aliphatic hydroxyl groups is 1. The fourth-order valence-electron chi connectivity index (χ4n) is 0.466. The Hall–Kier alpha value is -1.10. The molecule has 1 rings (SSSR count). The first-order valence-corrected chi connectivity index (χ1v) is 2.35. The van der Waals surface area contributed by atoms with Gasteiger partial charge < -0.3 is 15.2 Å². The molecule has 1 amide bonds. The Bertz CT molecular complexity index is 155. The van der Waals surface area contributed by atoms with Gasteiger partial charge >= 0.3 is 5.97 Å². The highest BCUT2D eigenvalue weighted by atomic mass is 16.6. The zero-order chi connectivity index (χ0) is 6.85. The summed E-state index contributed by atoms with van der Waals surface area (Å²) < 4.78 is 4.10. The maximum absolute atomic E-state index is 10.3. The molecule has 1 fully saturated rings. The molecule has 0 aromatic rings. The zero-order valence-corrected chi connectivity index (χ0v) is 4.46. The number of amides is 1. The van der Waals surface area contributed by atoms with Gasteiger partial charge in [-0.3, -0.25) is 9.59 Å². The first-order chi connectivity index (χ1) is 4.20. The van der Waals surface area contributed by atoms with Crippen molar-refractivity contribution in [1.82, 2.24) is 5.32 Å². The predicted molar refractivity (Wildman–Crippen MR) is 25.1 cm³/mol. The average molecular weight is 131 g/mol. The van der Waals surface area contributed by atoms with Crippen molar-refractivity contribution in [2.45, 2.75) is 6.29 Å². The number of ether oxygens (including phenoxy) is 1. The number of aliphatic hydroxyl groups excluding tert-OH is 1. The van der Waals surface area contributed by atoms with Crippen molar-refractivity contribution in [3.63, 3.8) is 0 Å². The zero-order valence-electron chi connectivity index (χ0n) is 4.46. The quantitative estimate of drug-likeness (QED) is 0.372. The highest BCUT2D eigenvalue weighted by Crippen LogP contribution is 1.92. The van der Waals surface area contributed by atoms with Crippen LogP contribution in [0.3, 0.4) is 0 Å². The van der Waals surface area contributed by atoms with Gasteiger partial charge in [-0.15, -0.1) is 0 Å². The second-order valence-corrected chi connectivity index (χ2v) is 1.56. The number of esters is 1. The molecule has 1 saturated heterocycles. The fraction of sp³-hybridized carbons (Fsp3) is 0.500. The number of nitrogens with one attached hydrogen (secondary N) is 1. The van der Waals surface area contributed by atoms with Gasteiger partial charge in [0, 0.05) is 0 Å². The van der Waals surface area contributed by atoms with Crippen molar-refractivity contribution in [3.05, 3.63) is 0 Å². The molecule has 50 valence electrons. The number of carbonyl (C=O) groups is 2. The number of cyclic esters (lactones) is 1. The summed E-state index contributed by atoms with van der Waals surface area (Å²) in [5.41, 5.74) is 0. The Kier molecular flexibility index (Phi) is 1.35. The third-order valence-electron chi connectivity index (χ3n) is 0.874. The summed E-state index contributed by atoms with van der Waals surface area (Å²) in [6.07, 6.45) is -1.62. The van der Waals surface area contributed by atoms with E-state index >= 15 is 0 Å². The summed E-state index contributed by atoms with van der Waals surface area (Å²) in [7, 11) is 0. The third kappa shape index (κ3) is 1.17. The van der Waals surface area contributed by atoms with Gasteiger partial charge in [-0.25, -0.2) is 0 Å². The number of hydrogen-bond donors (Lipinski definition) is 2.